The van der Waals surface area contributed by atoms with Crippen LogP contribution in [0.2, 0.25) is 0 Å². The van der Waals surface area contributed by atoms with Crippen LogP contribution in [0.1, 0.15) is 0 Å². The fourth-order valence-corrected chi connectivity index (χ4v) is 0.879. The van der Waals surface area contributed by atoms with Crippen LogP contribution >= 0.6 is 0 Å². The molecule has 16 heavy (non-hydrogen) atoms. The number of benzene rings is 2. The molecule has 2 rings (SSSR count). The summed E-state index contributed by atoms with van der Waals surface area (Å²) in [6.07, 6.45) is 0. The van der Waals surface area contributed by atoms with E-state index < -0.39 is 0 Å². The Morgan fingerprint density at radius 2 is 1.50 bits per heavy atom. The number of rotatable bonds is 2. The van der Waals surface area contributed by atoms with Gasteiger partial charge in [-0.15, -0.1) is 12.1 Å². The zero-order valence-electron chi connectivity index (χ0n) is 8.54. The molecule has 0 aliphatic carbocycles. The summed E-state index contributed by atoms with van der Waals surface area (Å²) in [5, 5.41) is 0. The van der Waals surface area contributed by atoms with E-state index in [1.807, 2.05) is 36.4 Å². The van der Waals surface area contributed by atoms with Gasteiger partial charge in [0.05, 0.1) is 0 Å². The van der Waals surface area contributed by atoms with E-state index in [1.54, 1.807) is 24.3 Å². The maximum Gasteiger partial charge on any atom is 2.00 e. The van der Waals surface area contributed by atoms with Gasteiger partial charge in [0.25, 0.3) is 0 Å². The molecule has 0 heterocycles. The topological polar surface area (TPSA) is 26.3 Å². The van der Waals surface area contributed by atoms with Crippen molar-refractivity contribution in [3.05, 3.63) is 66.7 Å². The average Bonchev–Trinajstić information content (AvgIpc) is 2.34. The third kappa shape index (κ3) is 7.01. The Hall–Kier alpha value is -1.35. The second-order valence-electron chi connectivity index (χ2n) is 2.58. The Balaban J connectivity index is 0.000000283. The van der Waals surface area contributed by atoms with E-state index in [1.165, 1.54) is 6.47 Å². The molecule has 2 aromatic carbocycles. The molecule has 0 N–H and O–H groups in total. The molecule has 0 saturated heterocycles. The van der Waals surface area contributed by atoms with E-state index in [-0.39, 0.29) is 22.4 Å². The minimum atomic E-state index is 0. The fraction of sp³-hybridized carbons (Fsp3) is 0. The van der Waals surface area contributed by atoms with Gasteiger partial charge in [-0.25, -0.2) is 0 Å². The maximum atomic E-state index is 9.63. The molecule has 0 spiro atoms. The third-order valence-electron chi connectivity index (χ3n) is 1.51. The molecule has 1 radical (unpaired) electrons. The first-order chi connectivity index (χ1) is 7.43. The van der Waals surface area contributed by atoms with Crippen LogP contribution in [-0.2, 0) is 27.2 Å². The molecular weight excluding hydrogens is 281 g/mol. The van der Waals surface area contributed by atoms with Crippen LogP contribution in [0.3, 0.4) is 0 Å². The quantitative estimate of drug-likeness (QED) is 0.628. The summed E-state index contributed by atoms with van der Waals surface area (Å²) >= 11 is 0. The molecule has 79 valence electrons. The van der Waals surface area contributed by atoms with Crippen molar-refractivity contribution in [2.24, 2.45) is 0 Å². The summed E-state index contributed by atoms with van der Waals surface area (Å²) in [4.78, 5) is 9.63. The minimum Gasteiger partial charge on any atom is -0.610 e. The van der Waals surface area contributed by atoms with Gasteiger partial charge in [-0.1, -0.05) is 18.2 Å². The molecule has 0 unspecified atom stereocenters. The number of para-hydroxylation sites is 1. The van der Waals surface area contributed by atoms with E-state index in [0.29, 0.717) is 5.75 Å². The Bertz CT molecular complexity index is 335. The van der Waals surface area contributed by atoms with Crippen molar-refractivity contribution in [1.29, 1.82) is 0 Å². The van der Waals surface area contributed by atoms with E-state index in [0.717, 1.165) is 0 Å². The maximum absolute atomic E-state index is 9.63. The van der Waals surface area contributed by atoms with Crippen LogP contribution in [-0.4, -0.2) is 6.47 Å². The van der Waals surface area contributed by atoms with Crippen LogP contribution < -0.4 is 4.74 Å². The van der Waals surface area contributed by atoms with Crippen LogP contribution in [0.5, 0.6) is 5.75 Å². The van der Waals surface area contributed by atoms with E-state index >= 15 is 0 Å². The number of ether oxygens (including phenoxy) is 1. The molecule has 0 fully saturated rings. The Morgan fingerprint density at radius 3 is 1.88 bits per heavy atom. The van der Waals surface area contributed by atoms with Crippen LogP contribution in [0.15, 0.2) is 60.7 Å². The molecular formula is C13H10NbO2. The number of hydrogen-bond donors (Lipinski definition) is 0. The van der Waals surface area contributed by atoms with Crippen LogP contribution in [0, 0.1) is 6.07 Å². The average molecular weight is 291 g/mol. The Kier molecular flexibility index (Phi) is 9.32. The molecule has 0 aliphatic rings. The molecule has 0 bridgehead atoms. The van der Waals surface area contributed by atoms with E-state index in [2.05, 4.69) is 10.8 Å². The minimum absolute atomic E-state index is 0. The number of hydrogen-bond acceptors (Lipinski definition) is 2. The van der Waals surface area contributed by atoms with Gasteiger partial charge in [0, 0.05) is 0 Å². The van der Waals surface area contributed by atoms with Crippen molar-refractivity contribution in [2.45, 2.75) is 0 Å². The number of carbonyl (C=O) groups excluding carboxylic acids is 1. The summed E-state index contributed by atoms with van der Waals surface area (Å²) in [5.41, 5.74) is 0. The first-order valence-corrected chi connectivity index (χ1v) is 4.43. The summed E-state index contributed by atoms with van der Waals surface area (Å²) in [6, 6.07) is 21.3. The van der Waals surface area contributed by atoms with Crippen molar-refractivity contribution in [1.82, 2.24) is 0 Å². The standard InChI is InChI=1S/C7H5O2.C6H5.Nb/c8-6-9-7-4-2-1-3-5-7;1-2-4-6-5-3-1;/h1-5H;1-5H;/q2*-1;+2. The largest absolute Gasteiger partial charge is 2.00 e. The molecule has 0 aliphatic heterocycles. The van der Waals surface area contributed by atoms with E-state index in [9.17, 15) is 4.79 Å². The predicted octanol–water partition coefficient (Wildman–Crippen LogP) is 2.62. The SMILES string of the molecule is O=[C-]Oc1ccccc1.[Nb+2].[c-]1ccccc1. The van der Waals surface area contributed by atoms with Gasteiger partial charge >= 0.3 is 22.4 Å². The van der Waals surface area contributed by atoms with Gasteiger partial charge in [-0.3, -0.25) is 0 Å². The van der Waals surface area contributed by atoms with Crippen molar-refractivity contribution < 1.29 is 31.9 Å². The van der Waals surface area contributed by atoms with Crippen molar-refractivity contribution >= 4 is 6.47 Å². The molecule has 3 heteroatoms. The van der Waals surface area contributed by atoms with Gasteiger partial charge in [-0.05, 0) is 5.75 Å². The monoisotopic (exact) mass is 291 g/mol. The molecule has 2 aromatic rings. The molecule has 0 atom stereocenters. The second kappa shape index (κ2) is 10.2. The normalized spacial score (nSPS) is 7.75. The molecule has 0 amide bonds. The zero-order valence-corrected chi connectivity index (χ0v) is 10.7. The van der Waals surface area contributed by atoms with Crippen molar-refractivity contribution in [2.75, 3.05) is 0 Å². The molecule has 0 saturated carbocycles. The molecule has 2 nitrogen and oxygen atoms in total. The third-order valence-corrected chi connectivity index (χ3v) is 1.51. The second-order valence-corrected chi connectivity index (χ2v) is 2.58. The zero-order chi connectivity index (χ0) is 10.8. The van der Waals surface area contributed by atoms with E-state index in [4.69, 9.17) is 0 Å². The van der Waals surface area contributed by atoms with Crippen LogP contribution in [0.4, 0.5) is 0 Å². The predicted molar refractivity (Wildman–Crippen MR) is 58.0 cm³/mol. The van der Waals surface area contributed by atoms with Gasteiger partial charge in [0.2, 0.25) is 0 Å². The summed E-state index contributed by atoms with van der Waals surface area (Å²) in [6.45, 7) is 1.33. The van der Waals surface area contributed by atoms with Crippen molar-refractivity contribution in [3.63, 3.8) is 0 Å². The smallest absolute Gasteiger partial charge is 0.610 e. The van der Waals surface area contributed by atoms with Gasteiger partial charge in [-0.2, -0.15) is 36.4 Å². The van der Waals surface area contributed by atoms with Gasteiger partial charge < -0.3 is 9.53 Å². The summed E-state index contributed by atoms with van der Waals surface area (Å²) in [7, 11) is 0. The molecule has 0 aromatic heterocycles. The Labute approximate surface area is 111 Å². The first kappa shape index (κ1) is 14.7. The fourth-order valence-electron chi connectivity index (χ4n) is 0.879. The first-order valence-electron chi connectivity index (χ1n) is 4.43. The Morgan fingerprint density at radius 1 is 0.938 bits per heavy atom. The van der Waals surface area contributed by atoms with Gasteiger partial charge in [0.15, 0.2) is 6.47 Å². The summed E-state index contributed by atoms with van der Waals surface area (Å²) < 4.78 is 4.40. The summed E-state index contributed by atoms with van der Waals surface area (Å²) in [5.74, 6) is 0.521. The van der Waals surface area contributed by atoms with Crippen LogP contribution in [0.25, 0.3) is 0 Å². The van der Waals surface area contributed by atoms with Crippen molar-refractivity contribution in [3.8, 4) is 5.75 Å². The van der Waals surface area contributed by atoms with Gasteiger partial charge in [0.1, 0.15) is 0 Å².